The van der Waals surface area contributed by atoms with Crippen LogP contribution in [-0.2, 0) is 5.92 Å². The lowest BCUT2D eigenvalue weighted by atomic mass is 10.1. The van der Waals surface area contributed by atoms with E-state index in [-0.39, 0.29) is 11.1 Å². The van der Waals surface area contributed by atoms with Gasteiger partial charge >= 0.3 is 11.1 Å². The van der Waals surface area contributed by atoms with Crippen molar-refractivity contribution in [1.29, 1.82) is 0 Å². The van der Waals surface area contributed by atoms with Gasteiger partial charge in [0.1, 0.15) is 0 Å². The van der Waals surface area contributed by atoms with Gasteiger partial charge in [-0.2, -0.15) is 0 Å². The number of nitrogens with one attached hydrogen (secondary N) is 2. The van der Waals surface area contributed by atoms with Crippen molar-refractivity contribution in [2.45, 2.75) is 12.8 Å². The lowest BCUT2D eigenvalue weighted by Gasteiger charge is -2.10. The summed E-state index contributed by atoms with van der Waals surface area (Å²) in [7, 11) is 0. The van der Waals surface area contributed by atoms with Crippen molar-refractivity contribution in [3.05, 3.63) is 44.5 Å². The Morgan fingerprint density at radius 3 is 2.19 bits per heavy atom. The van der Waals surface area contributed by atoms with Gasteiger partial charge in [0.25, 0.3) is 5.92 Å². The third-order valence-corrected chi connectivity index (χ3v) is 2.23. The zero-order valence-corrected chi connectivity index (χ0v) is 8.30. The molecule has 6 heteroatoms. The summed E-state index contributed by atoms with van der Waals surface area (Å²) in [5, 5.41) is 0. The van der Waals surface area contributed by atoms with Crippen LogP contribution in [0.2, 0.25) is 0 Å². The van der Waals surface area contributed by atoms with E-state index < -0.39 is 17.0 Å². The van der Waals surface area contributed by atoms with Crippen LogP contribution in [0.1, 0.15) is 12.5 Å². The van der Waals surface area contributed by atoms with E-state index in [1.807, 2.05) is 0 Å². The molecule has 0 unspecified atom stereocenters. The van der Waals surface area contributed by atoms with E-state index >= 15 is 0 Å². The number of halogens is 2. The van der Waals surface area contributed by atoms with Crippen LogP contribution in [0.4, 0.5) is 8.78 Å². The first-order valence-electron chi connectivity index (χ1n) is 4.52. The van der Waals surface area contributed by atoms with E-state index in [4.69, 9.17) is 0 Å². The molecule has 0 fully saturated rings. The Balaban J connectivity index is 2.77. The normalized spacial score (nSPS) is 11.9. The van der Waals surface area contributed by atoms with Crippen LogP contribution in [0, 0.1) is 0 Å². The fourth-order valence-corrected chi connectivity index (χ4v) is 1.39. The number of hydrogen-bond acceptors (Lipinski definition) is 2. The van der Waals surface area contributed by atoms with E-state index in [0.717, 1.165) is 13.0 Å². The summed E-state index contributed by atoms with van der Waals surface area (Å²) in [5.41, 5.74) is -1.38. The van der Waals surface area contributed by atoms with Crippen molar-refractivity contribution in [3.8, 4) is 0 Å². The van der Waals surface area contributed by atoms with Gasteiger partial charge in [-0.15, -0.1) is 0 Å². The van der Waals surface area contributed by atoms with Crippen molar-refractivity contribution >= 4 is 11.0 Å². The van der Waals surface area contributed by atoms with Gasteiger partial charge in [-0.3, -0.25) is 9.59 Å². The number of fused-ring (bicyclic) bond motifs is 1. The topological polar surface area (TPSA) is 65.7 Å². The zero-order chi connectivity index (χ0) is 11.9. The maximum Gasteiger partial charge on any atom is 0.314 e. The lowest BCUT2D eigenvalue weighted by molar-refractivity contribution is 0.0176. The fourth-order valence-electron chi connectivity index (χ4n) is 1.39. The molecule has 4 nitrogen and oxygen atoms in total. The Kier molecular flexibility index (Phi) is 2.15. The summed E-state index contributed by atoms with van der Waals surface area (Å²) < 4.78 is 26.0. The summed E-state index contributed by atoms with van der Waals surface area (Å²) in [4.78, 5) is 26.5. The van der Waals surface area contributed by atoms with Gasteiger partial charge in [-0.1, -0.05) is 6.07 Å². The second-order valence-electron chi connectivity index (χ2n) is 3.56. The molecule has 2 N–H and O–H groups in total. The molecule has 1 aromatic carbocycles. The summed E-state index contributed by atoms with van der Waals surface area (Å²) in [6, 6.07) is 3.68. The lowest BCUT2D eigenvalue weighted by Crippen LogP contribution is -2.29. The van der Waals surface area contributed by atoms with E-state index in [1.54, 1.807) is 0 Å². The van der Waals surface area contributed by atoms with Crippen molar-refractivity contribution in [3.63, 3.8) is 0 Å². The first-order valence-corrected chi connectivity index (χ1v) is 4.52. The second-order valence-corrected chi connectivity index (χ2v) is 3.56. The molecule has 0 amide bonds. The van der Waals surface area contributed by atoms with Crippen LogP contribution in [-0.4, -0.2) is 9.97 Å². The highest BCUT2D eigenvalue weighted by molar-refractivity contribution is 5.74. The first kappa shape index (κ1) is 10.5. The van der Waals surface area contributed by atoms with Crippen LogP contribution in [0.3, 0.4) is 0 Å². The summed E-state index contributed by atoms with van der Waals surface area (Å²) >= 11 is 0. The Bertz CT molecular complexity index is 652. The molecule has 0 atom stereocenters. The molecule has 84 valence electrons. The average Bonchev–Trinajstić information content (AvgIpc) is 2.17. The van der Waals surface area contributed by atoms with Crippen LogP contribution in [0.15, 0.2) is 27.8 Å². The average molecular weight is 226 g/mol. The third kappa shape index (κ3) is 1.73. The Labute approximate surface area is 87.9 Å². The second kappa shape index (κ2) is 3.26. The summed E-state index contributed by atoms with van der Waals surface area (Å²) in [5.74, 6) is -2.98. The van der Waals surface area contributed by atoms with Gasteiger partial charge in [-0.05, 0) is 12.1 Å². The van der Waals surface area contributed by atoms with Crippen LogP contribution in [0.25, 0.3) is 11.0 Å². The van der Waals surface area contributed by atoms with Gasteiger partial charge in [0.05, 0.1) is 11.0 Å². The molecule has 0 saturated heterocycles. The molecule has 0 spiro atoms. The van der Waals surface area contributed by atoms with E-state index in [9.17, 15) is 18.4 Å². The number of H-pyrrole nitrogens is 2. The van der Waals surface area contributed by atoms with Gasteiger partial charge in [0, 0.05) is 12.5 Å². The molecular weight excluding hydrogens is 218 g/mol. The first-order chi connectivity index (χ1) is 7.38. The number of benzene rings is 1. The van der Waals surface area contributed by atoms with Crippen molar-refractivity contribution in [1.82, 2.24) is 9.97 Å². The molecular formula is C10H8F2N2O2. The number of aromatic nitrogens is 2. The fraction of sp³-hybridized carbons (Fsp3) is 0.200. The van der Waals surface area contributed by atoms with E-state index in [0.29, 0.717) is 5.52 Å². The highest BCUT2D eigenvalue weighted by Crippen LogP contribution is 2.27. The Morgan fingerprint density at radius 2 is 1.62 bits per heavy atom. The monoisotopic (exact) mass is 226 g/mol. The maximum absolute atomic E-state index is 13.0. The molecule has 1 heterocycles. The zero-order valence-electron chi connectivity index (χ0n) is 8.30. The van der Waals surface area contributed by atoms with Gasteiger partial charge < -0.3 is 9.97 Å². The molecule has 0 bridgehead atoms. The molecule has 0 radical (unpaired) electrons. The van der Waals surface area contributed by atoms with Crippen LogP contribution >= 0.6 is 0 Å². The standard InChI is InChI=1S/C10H8F2N2O2/c1-10(11,12)5-2-3-6-7(4-5)14-9(16)8(15)13-6/h2-4H,1H3,(H,13,15)(H,14,16). The molecule has 1 aromatic heterocycles. The number of hydrogen-bond donors (Lipinski definition) is 2. The molecule has 0 aliphatic carbocycles. The number of alkyl halides is 2. The van der Waals surface area contributed by atoms with E-state index in [1.165, 1.54) is 12.1 Å². The minimum absolute atomic E-state index is 0.184. The smallest absolute Gasteiger partial charge is 0.314 e. The Morgan fingerprint density at radius 1 is 1.06 bits per heavy atom. The number of rotatable bonds is 1. The SMILES string of the molecule is CC(F)(F)c1ccc2[nH]c(=O)c(=O)[nH]c2c1. The predicted octanol–water partition coefficient (Wildman–Crippen LogP) is 1.33. The maximum atomic E-state index is 13.0. The number of aromatic amines is 2. The van der Waals surface area contributed by atoms with Gasteiger partial charge in [-0.25, -0.2) is 8.78 Å². The molecule has 0 saturated carbocycles. The van der Waals surface area contributed by atoms with Crippen LogP contribution < -0.4 is 11.1 Å². The van der Waals surface area contributed by atoms with Crippen molar-refractivity contribution in [2.24, 2.45) is 0 Å². The van der Waals surface area contributed by atoms with Crippen molar-refractivity contribution in [2.75, 3.05) is 0 Å². The molecule has 2 aromatic rings. The molecule has 0 aliphatic heterocycles. The highest BCUT2D eigenvalue weighted by atomic mass is 19.3. The minimum Gasteiger partial charge on any atom is -0.316 e. The largest absolute Gasteiger partial charge is 0.316 e. The Hall–Kier alpha value is -1.98. The molecule has 16 heavy (non-hydrogen) atoms. The minimum atomic E-state index is -2.98. The summed E-state index contributed by atoms with van der Waals surface area (Å²) in [6.07, 6.45) is 0. The molecule has 2 rings (SSSR count). The predicted molar refractivity (Wildman–Crippen MR) is 54.8 cm³/mol. The quantitative estimate of drug-likeness (QED) is 0.720. The summed E-state index contributed by atoms with van der Waals surface area (Å²) in [6.45, 7) is 0.762. The third-order valence-electron chi connectivity index (χ3n) is 2.23. The highest BCUT2D eigenvalue weighted by Gasteiger charge is 2.24. The molecule has 0 aliphatic rings. The van der Waals surface area contributed by atoms with E-state index in [2.05, 4.69) is 9.97 Å². The van der Waals surface area contributed by atoms with Gasteiger partial charge in [0.15, 0.2) is 0 Å². The van der Waals surface area contributed by atoms with Crippen molar-refractivity contribution < 1.29 is 8.78 Å². The van der Waals surface area contributed by atoms with Gasteiger partial charge in [0.2, 0.25) is 0 Å². The van der Waals surface area contributed by atoms with Crippen LogP contribution in [0.5, 0.6) is 0 Å².